The van der Waals surface area contributed by atoms with Gasteiger partial charge in [0.25, 0.3) is 11.8 Å². The number of carbonyl (C=O) groups is 2. The maximum Gasteiger partial charge on any atom is 0.254 e. The molecule has 82 valence electrons. The molecule has 0 aliphatic heterocycles. The molecule has 2 amide bonds. The van der Waals surface area contributed by atoms with Crippen molar-refractivity contribution < 1.29 is 14.3 Å². The van der Waals surface area contributed by atoms with Crippen molar-refractivity contribution >= 4 is 17.6 Å². The van der Waals surface area contributed by atoms with Crippen molar-refractivity contribution in [3.63, 3.8) is 0 Å². The largest absolute Gasteiger partial charge is 0.375 e. The fourth-order valence-corrected chi connectivity index (χ4v) is 1.07. The molecule has 0 unspecified atom stereocenters. The minimum atomic E-state index is -0.643. The Hall–Kier alpha value is -1.89. The summed E-state index contributed by atoms with van der Waals surface area (Å²) in [5.41, 5.74) is 5.27. The van der Waals surface area contributed by atoms with Crippen molar-refractivity contribution in [3.8, 4) is 0 Å². The second-order valence-electron chi connectivity index (χ2n) is 2.88. The number of ether oxygens (including phenoxy) is 1. The molecule has 1 rings (SSSR count). The van der Waals surface area contributed by atoms with E-state index in [1.54, 1.807) is 7.05 Å². The molecule has 7 nitrogen and oxygen atoms in total. The lowest BCUT2D eigenvalue weighted by atomic mass is 10.3. The number of hydrogen-bond acceptors (Lipinski definition) is 4. The Morgan fingerprint density at radius 2 is 2.33 bits per heavy atom. The SMILES string of the molecule is COCC(=O)Nc1c(C(N)=O)cnn1C. The van der Waals surface area contributed by atoms with Crippen molar-refractivity contribution in [1.82, 2.24) is 9.78 Å². The van der Waals surface area contributed by atoms with E-state index < -0.39 is 5.91 Å². The monoisotopic (exact) mass is 212 g/mol. The first kappa shape index (κ1) is 11.2. The Bertz CT molecular complexity index is 385. The van der Waals surface area contributed by atoms with Crippen LogP contribution in [0, 0.1) is 0 Å². The van der Waals surface area contributed by atoms with E-state index in [1.165, 1.54) is 18.0 Å². The van der Waals surface area contributed by atoms with Crippen molar-refractivity contribution in [2.45, 2.75) is 0 Å². The van der Waals surface area contributed by atoms with E-state index in [-0.39, 0.29) is 23.9 Å². The molecule has 1 aromatic rings. The number of nitrogens with one attached hydrogen (secondary N) is 1. The molecule has 0 atom stereocenters. The van der Waals surface area contributed by atoms with Crippen LogP contribution >= 0.6 is 0 Å². The number of hydrogen-bond donors (Lipinski definition) is 2. The van der Waals surface area contributed by atoms with Gasteiger partial charge in [0.15, 0.2) is 0 Å². The van der Waals surface area contributed by atoms with E-state index >= 15 is 0 Å². The Morgan fingerprint density at radius 3 is 2.87 bits per heavy atom. The summed E-state index contributed by atoms with van der Waals surface area (Å²) in [6, 6.07) is 0. The predicted molar refractivity (Wildman–Crippen MR) is 52.2 cm³/mol. The van der Waals surface area contributed by atoms with Gasteiger partial charge in [-0.05, 0) is 0 Å². The molecule has 0 spiro atoms. The number of anilines is 1. The van der Waals surface area contributed by atoms with Gasteiger partial charge in [-0.2, -0.15) is 5.10 Å². The van der Waals surface area contributed by atoms with Crippen LogP contribution in [0.15, 0.2) is 6.20 Å². The Labute approximate surface area is 86.2 Å². The third-order valence-corrected chi connectivity index (χ3v) is 1.74. The minimum absolute atomic E-state index is 0.0939. The molecule has 1 heterocycles. The summed E-state index contributed by atoms with van der Waals surface area (Å²) in [7, 11) is 2.99. The second-order valence-corrected chi connectivity index (χ2v) is 2.88. The number of aromatic nitrogens is 2. The van der Waals surface area contributed by atoms with Gasteiger partial charge in [-0.3, -0.25) is 14.3 Å². The highest BCUT2D eigenvalue weighted by molar-refractivity contribution is 6.02. The fraction of sp³-hybridized carbons (Fsp3) is 0.375. The summed E-state index contributed by atoms with van der Waals surface area (Å²) >= 11 is 0. The summed E-state index contributed by atoms with van der Waals surface area (Å²) in [4.78, 5) is 22.2. The first-order valence-corrected chi connectivity index (χ1v) is 4.17. The zero-order chi connectivity index (χ0) is 11.4. The van der Waals surface area contributed by atoms with Gasteiger partial charge in [0.05, 0.1) is 6.20 Å². The average molecular weight is 212 g/mol. The molecule has 0 aromatic carbocycles. The van der Waals surface area contributed by atoms with Gasteiger partial charge in [0.2, 0.25) is 0 Å². The van der Waals surface area contributed by atoms with Crippen LogP contribution in [0.3, 0.4) is 0 Å². The van der Waals surface area contributed by atoms with E-state index in [0.29, 0.717) is 0 Å². The van der Waals surface area contributed by atoms with Gasteiger partial charge in [0, 0.05) is 14.2 Å². The number of amides is 2. The maximum absolute atomic E-state index is 11.2. The molecule has 15 heavy (non-hydrogen) atoms. The number of nitrogens with two attached hydrogens (primary N) is 1. The third kappa shape index (κ3) is 2.53. The highest BCUT2D eigenvalue weighted by atomic mass is 16.5. The highest BCUT2D eigenvalue weighted by Crippen LogP contribution is 2.12. The number of rotatable bonds is 4. The van der Waals surface area contributed by atoms with Crippen molar-refractivity contribution in [2.75, 3.05) is 19.0 Å². The number of carbonyl (C=O) groups excluding carboxylic acids is 2. The molecular formula is C8H12N4O3. The molecule has 0 aliphatic rings. The molecule has 0 fully saturated rings. The van der Waals surface area contributed by atoms with Crippen LogP contribution in [0.2, 0.25) is 0 Å². The molecular weight excluding hydrogens is 200 g/mol. The molecule has 1 aromatic heterocycles. The highest BCUT2D eigenvalue weighted by Gasteiger charge is 2.15. The summed E-state index contributed by atoms with van der Waals surface area (Å²) in [6.07, 6.45) is 1.30. The van der Waals surface area contributed by atoms with Gasteiger partial charge >= 0.3 is 0 Å². The lowest BCUT2D eigenvalue weighted by Crippen LogP contribution is -2.22. The zero-order valence-corrected chi connectivity index (χ0v) is 8.48. The van der Waals surface area contributed by atoms with Crippen LogP contribution in [0.5, 0.6) is 0 Å². The topological polar surface area (TPSA) is 99.2 Å². The quantitative estimate of drug-likeness (QED) is 0.675. The smallest absolute Gasteiger partial charge is 0.254 e. The molecule has 0 saturated heterocycles. The van der Waals surface area contributed by atoms with Gasteiger partial charge in [0.1, 0.15) is 18.0 Å². The van der Waals surface area contributed by atoms with E-state index in [2.05, 4.69) is 15.2 Å². The lowest BCUT2D eigenvalue weighted by molar-refractivity contribution is -0.119. The summed E-state index contributed by atoms with van der Waals surface area (Å²) in [5, 5.41) is 6.29. The Balaban J connectivity index is 2.88. The van der Waals surface area contributed by atoms with Crippen molar-refractivity contribution in [2.24, 2.45) is 12.8 Å². The van der Waals surface area contributed by atoms with E-state index in [1.807, 2.05) is 0 Å². The molecule has 7 heteroatoms. The minimum Gasteiger partial charge on any atom is -0.375 e. The zero-order valence-electron chi connectivity index (χ0n) is 8.48. The first-order valence-electron chi connectivity index (χ1n) is 4.17. The number of methoxy groups -OCH3 is 1. The van der Waals surface area contributed by atoms with Crippen LogP contribution in [0.25, 0.3) is 0 Å². The van der Waals surface area contributed by atoms with Crippen molar-refractivity contribution in [1.29, 1.82) is 0 Å². The first-order chi connectivity index (χ1) is 7.06. The van der Waals surface area contributed by atoms with Gasteiger partial charge < -0.3 is 15.8 Å². The molecule has 0 radical (unpaired) electrons. The van der Waals surface area contributed by atoms with Crippen molar-refractivity contribution in [3.05, 3.63) is 11.8 Å². The van der Waals surface area contributed by atoms with Gasteiger partial charge in [-0.15, -0.1) is 0 Å². The van der Waals surface area contributed by atoms with Crippen LogP contribution in [0.1, 0.15) is 10.4 Å². The number of nitrogens with zero attached hydrogens (tertiary/aromatic N) is 2. The fourth-order valence-electron chi connectivity index (χ4n) is 1.07. The van der Waals surface area contributed by atoms with Crippen LogP contribution in [0.4, 0.5) is 5.82 Å². The summed E-state index contributed by atoms with van der Waals surface area (Å²) in [5.74, 6) is -0.746. The maximum atomic E-state index is 11.2. The summed E-state index contributed by atoms with van der Waals surface area (Å²) < 4.78 is 5.99. The Morgan fingerprint density at radius 1 is 1.67 bits per heavy atom. The number of primary amides is 1. The normalized spacial score (nSPS) is 10.0. The van der Waals surface area contributed by atoms with Crippen LogP contribution in [-0.4, -0.2) is 35.3 Å². The second kappa shape index (κ2) is 4.56. The third-order valence-electron chi connectivity index (χ3n) is 1.74. The van der Waals surface area contributed by atoms with Gasteiger partial charge in [-0.1, -0.05) is 0 Å². The van der Waals surface area contributed by atoms with Crippen LogP contribution < -0.4 is 11.1 Å². The molecule has 3 N–H and O–H groups in total. The Kier molecular flexibility index (Phi) is 3.40. The van der Waals surface area contributed by atoms with Crippen LogP contribution in [-0.2, 0) is 16.6 Å². The van der Waals surface area contributed by atoms with E-state index in [9.17, 15) is 9.59 Å². The average Bonchev–Trinajstić information content (AvgIpc) is 2.48. The van der Waals surface area contributed by atoms with E-state index in [4.69, 9.17) is 5.73 Å². The predicted octanol–water partition coefficient (Wildman–Crippen LogP) is -0.896. The summed E-state index contributed by atoms with van der Waals surface area (Å²) in [6.45, 7) is -0.0939. The lowest BCUT2D eigenvalue weighted by Gasteiger charge is -2.05. The van der Waals surface area contributed by atoms with E-state index in [0.717, 1.165) is 0 Å². The number of aryl methyl sites for hydroxylation is 1. The molecule has 0 bridgehead atoms. The standard InChI is InChI=1S/C8H12N4O3/c1-12-8(11-6(13)4-15-2)5(3-10-12)7(9)14/h3H,4H2,1-2H3,(H2,9,14)(H,11,13). The molecule has 0 aliphatic carbocycles. The molecule has 0 saturated carbocycles. The van der Waals surface area contributed by atoms with Gasteiger partial charge in [-0.25, -0.2) is 0 Å².